The predicted molar refractivity (Wildman–Crippen MR) is 71.1 cm³/mol. The first-order valence-corrected chi connectivity index (χ1v) is 6.46. The molecule has 1 aliphatic heterocycles. The minimum atomic E-state index is -0.645. The van der Waals surface area contributed by atoms with Gasteiger partial charge >= 0.3 is 0 Å². The number of nitrogens with one attached hydrogen (secondary N) is 2. The van der Waals surface area contributed by atoms with E-state index in [0.717, 1.165) is 12.1 Å². The summed E-state index contributed by atoms with van der Waals surface area (Å²) in [6.07, 6.45) is 0.533. The van der Waals surface area contributed by atoms with E-state index in [1.165, 1.54) is 12.1 Å². The van der Waals surface area contributed by atoms with Crippen LogP contribution in [0.5, 0.6) is 5.75 Å². The van der Waals surface area contributed by atoms with Gasteiger partial charge in [0.25, 0.3) is 5.91 Å². The van der Waals surface area contributed by atoms with Crippen LogP contribution in [0.4, 0.5) is 10.2 Å². The first kappa shape index (κ1) is 12.7. The van der Waals surface area contributed by atoms with E-state index in [1.54, 1.807) is 12.1 Å². The van der Waals surface area contributed by atoms with E-state index >= 15 is 0 Å². The molecule has 0 unspecified atom stereocenters. The summed E-state index contributed by atoms with van der Waals surface area (Å²) in [5, 5.41) is 9.50. The number of hydrogen-bond donors (Lipinski definition) is 2. The van der Waals surface area contributed by atoms with Crippen LogP contribution in [-0.4, -0.2) is 22.2 Å². The lowest BCUT2D eigenvalue weighted by atomic mass is 10.1. The monoisotopic (exact) mass is 275 g/mol. The number of H-pyrrole nitrogens is 1. The Labute approximate surface area is 115 Å². The summed E-state index contributed by atoms with van der Waals surface area (Å²) in [5.41, 5.74) is 1.65. The summed E-state index contributed by atoms with van der Waals surface area (Å²) in [5.74, 6) is 0.421. The van der Waals surface area contributed by atoms with Gasteiger partial charge < -0.3 is 10.1 Å². The van der Waals surface area contributed by atoms with Crippen LogP contribution in [0.1, 0.15) is 18.2 Å². The fraction of sp³-hybridized carbons (Fsp3) is 0.286. The molecule has 0 aliphatic carbocycles. The molecular weight excluding hydrogens is 261 g/mol. The number of aryl methyl sites for hydroxylation is 1. The number of benzene rings is 1. The van der Waals surface area contributed by atoms with Crippen molar-refractivity contribution in [2.24, 2.45) is 0 Å². The number of hydrogen-bond acceptors (Lipinski definition) is 3. The molecule has 3 rings (SSSR count). The van der Waals surface area contributed by atoms with E-state index in [0.29, 0.717) is 23.6 Å². The zero-order valence-corrected chi connectivity index (χ0v) is 10.9. The first-order valence-electron chi connectivity index (χ1n) is 6.46. The normalized spacial score (nSPS) is 16.6. The minimum Gasteiger partial charge on any atom is -0.480 e. The van der Waals surface area contributed by atoms with Gasteiger partial charge in [-0.1, -0.05) is 6.92 Å². The highest BCUT2D eigenvalue weighted by atomic mass is 19.1. The average Bonchev–Trinajstić information content (AvgIpc) is 3.04. The Hall–Kier alpha value is -2.37. The molecule has 5 nitrogen and oxygen atoms in total. The number of nitrogens with zero attached hydrogens (tertiary/aromatic N) is 1. The SMILES string of the molecule is CCc1cc(NC(=O)[C@H]2Cc3cc(F)ccc3O2)n[nH]1. The van der Waals surface area contributed by atoms with Crippen molar-refractivity contribution in [1.82, 2.24) is 10.2 Å². The predicted octanol–water partition coefficient (Wildman–Crippen LogP) is 2.05. The number of carbonyl (C=O) groups excluding carboxylic acids is 1. The largest absolute Gasteiger partial charge is 0.480 e. The maximum Gasteiger partial charge on any atom is 0.266 e. The molecule has 0 fully saturated rings. The van der Waals surface area contributed by atoms with Crippen LogP contribution in [0.25, 0.3) is 0 Å². The number of fused-ring (bicyclic) bond motifs is 1. The third-order valence-electron chi connectivity index (χ3n) is 3.25. The molecule has 2 aromatic rings. The number of ether oxygens (including phenoxy) is 1. The second-order valence-electron chi connectivity index (χ2n) is 4.68. The van der Waals surface area contributed by atoms with Crippen LogP contribution in [0.3, 0.4) is 0 Å². The van der Waals surface area contributed by atoms with Gasteiger partial charge in [0.05, 0.1) is 0 Å². The number of aromatic nitrogens is 2. The fourth-order valence-corrected chi connectivity index (χ4v) is 2.18. The molecule has 0 radical (unpaired) electrons. The molecule has 104 valence electrons. The smallest absolute Gasteiger partial charge is 0.266 e. The van der Waals surface area contributed by atoms with E-state index in [-0.39, 0.29) is 11.7 Å². The number of rotatable bonds is 3. The minimum absolute atomic E-state index is 0.282. The number of halogens is 1. The Bertz CT molecular complexity index is 654. The van der Waals surface area contributed by atoms with E-state index in [2.05, 4.69) is 15.5 Å². The second kappa shape index (κ2) is 4.96. The van der Waals surface area contributed by atoms with Gasteiger partial charge in [-0.3, -0.25) is 9.89 Å². The Kier molecular flexibility index (Phi) is 3.14. The highest BCUT2D eigenvalue weighted by molar-refractivity contribution is 5.94. The maximum absolute atomic E-state index is 13.1. The van der Waals surface area contributed by atoms with Gasteiger partial charge in [-0.05, 0) is 24.6 Å². The third kappa shape index (κ3) is 2.36. The van der Waals surface area contributed by atoms with Gasteiger partial charge in [0.1, 0.15) is 11.6 Å². The summed E-state index contributed by atoms with van der Waals surface area (Å²) < 4.78 is 18.6. The number of aromatic amines is 1. The zero-order chi connectivity index (χ0) is 14.1. The van der Waals surface area contributed by atoms with E-state index in [9.17, 15) is 9.18 Å². The highest BCUT2D eigenvalue weighted by Gasteiger charge is 2.29. The number of carbonyl (C=O) groups is 1. The van der Waals surface area contributed by atoms with Gasteiger partial charge in [0, 0.05) is 23.7 Å². The molecule has 1 aromatic carbocycles. The lowest BCUT2D eigenvalue weighted by Crippen LogP contribution is -2.31. The Morgan fingerprint density at radius 2 is 2.40 bits per heavy atom. The van der Waals surface area contributed by atoms with Crippen molar-refractivity contribution >= 4 is 11.7 Å². The molecule has 6 heteroatoms. The number of amides is 1. The van der Waals surface area contributed by atoms with Crippen molar-refractivity contribution in [2.75, 3.05) is 5.32 Å². The highest BCUT2D eigenvalue weighted by Crippen LogP contribution is 2.29. The summed E-state index contributed by atoms with van der Waals surface area (Å²) in [7, 11) is 0. The molecule has 1 aromatic heterocycles. The molecule has 0 saturated heterocycles. The van der Waals surface area contributed by atoms with Crippen LogP contribution in [-0.2, 0) is 17.6 Å². The lowest BCUT2D eigenvalue weighted by Gasteiger charge is -2.09. The maximum atomic E-state index is 13.1. The average molecular weight is 275 g/mol. The Morgan fingerprint density at radius 1 is 1.55 bits per heavy atom. The van der Waals surface area contributed by atoms with Crippen molar-refractivity contribution in [1.29, 1.82) is 0 Å². The van der Waals surface area contributed by atoms with Crippen LogP contribution in [0, 0.1) is 5.82 Å². The van der Waals surface area contributed by atoms with Crippen LogP contribution in [0.2, 0.25) is 0 Å². The van der Waals surface area contributed by atoms with Gasteiger partial charge in [0.2, 0.25) is 0 Å². The second-order valence-corrected chi connectivity index (χ2v) is 4.68. The summed E-state index contributed by atoms with van der Waals surface area (Å²) in [6, 6.07) is 6.04. The fourth-order valence-electron chi connectivity index (χ4n) is 2.18. The van der Waals surface area contributed by atoms with Crippen molar-refractivity contribution in [2.45, 2.75) is 25.9 Å². The summed E-state index contributed by atoms with van der Waals surface area (Å²) >= 11 is 0. The zero-order valence-electron chi connectivity index (χ0n) is 10.9. The molecule has 0 bridgehead atoms. The number of anilines is 1. The van der Waals surface area contributed by atoms with Gasteiger partial charge in [-0.15, -0.1) is 0 Å². The molecule has 1 amide bonds. The third-order valence-corrected chi connectivity index (χ3v) is 3.25. The molecule has 1 aliphatic rings. The van der Waals surface area contributed by atoms with Crippen LogP contribution < -0.4 is 10.1 Å². The van der Waals surface area contributed by atoms with Crippen molar-refractivity contribution in [3.8, 4) is 5.75 Å². The quantitative estimate of drug-likeness (QED) is 0.901. The topological polar surface area (TPSA) is 67.0 Å². The van der Waals surface area contributed by atoms with Crippen molar-refractivity contribution in [3.63, 3.8) is 0 Å². The van der Waals surface area contributed by atoms with Crippen LogP contribution in [0.15, 0.2) is 24.3 Å². The van der Waals surface area contributed by atoms with E-state index in [4.69, 9.17) is 4.74 Å². The molecule has 0 saturated carbocycles. The van der Waals surface area contributed by atoms with Crippen molar-refractivity contribution < 1.29 is 13.9 Å². The lowest BCUT2D eigenvalue weighted by molar-refractivity contribution is -0.122. The van der Waals surface area contributed by atoms with Crippen LogP contribution >= 0.6 is 0 Å². The van der Waals surface area contributed by atoms with Crippen molar-refractivity contribution in [3.05, 3.63) is 41.3 Å². The Balaban J connectivity index is 1.68. The first-order chi connectivity index (χ1) is 9.65. The van der Waals surface area contributed by atoms with Gasteiger partial charge in [-0.25, -0.2) is 4.39 Å². The summed E-state index contributed by atoms with van der Waals surface area (Å²) in [4.78, 5) is 12.1. The van der Waals surface area contributed by atoms with Gasteiger partial charge in [0.15, 0.2) is 11.9 Å². The van der Waals surface area contributed by atoms with E-state index < -0.39 is 6.10 Å². The molecular formula is C14H14FN3O2. The summed E-state index contributed by atoms with van der Waals surface area (Å²) in [6.45, 7) is 1.99. The molecule has 1 atom stereocenters. The molecule has 0 spiro atoms. The van der Waals surface area contributed by atoms with Gasteiger partial charge in [-0.2, -0.15) is 5.10 Å². The molecule has 20 heavy (non-hydrogen) atoms. The standard InChI is InChI=1S/C14H14FN3O2/c1-2-10-7-13(18-17-10)16-14(19)12-6-8-5-9(15)3-4-11(8)20-12/h3-5,7,12H,2,6H2,1H3,(H2,16,17,18,19)/t12-/m1/s1. The van der Waals surface area contributed by atoms with E-state index in [1.807, 2.05) is 6.92 Å². The molecule has 2 heterocycles. The Morgan fingerprint density at radius 3 is 3.15 bits per heavy atom. The molecule has 2 N–H and O–H groups in total.